The Morgan fingerprint density at radius 2 is 2.15 bits per heavy atom. The molecule has 20 heavy (non-hydrogen) atoms. The van der Waals surface area contributed by atoms with Gasteiger partial charge in [0.1, 0.15) is 5.82 Å². The Bertz CT molecular complexity index is 628. The second-order valence-electron chi connectivity index (χ2n) is 4.98. The smallest absolute Gasteiger partial charge is 0.246 e. The van der Waals surface area contributed by atoms with Crippen LogP contribution in [0.25, 0.3) is 11.0 Å². The van der Waals surface area contributed by atoms with Crippen molar-refractivity contribution in [3.8, 4) is 0 Å². The summed E-state index contributed by atoms with van der Waals surface area (Å²) in [6.45, 7) is 8.88. The van der Waals surface area contributed by atoms with Gasteiger partial charge in [0.25, 0.3) is 0 Å². The zero-order valence-electron chi connectivity index (χ0n) is 12.1. The first kappa shape index (κ1) is 14.3. The summed E-state index contributed by atoms with van der Waals surface area (Å²) in [5, 5.41) is 2.85. The third-order valence-corrected chi connectivity index (χ3v) is 3.26. The number of hydrogen-bond acceptors (Lipinski definition) is 2. The van der Waals surface area contributed by atoms with Crippen LogP contribution in [0.5, 0.6) is 0 Å². The number of rotatable bonds is 6. The maximum absolute atomic E-state index is 11.6. The van der Waals surface area contributed by atoms with Crippen molar-refractivity contribution in [3.63, 3.8) is 0 Å². The molecule has 1 amide bonds. The summed E-state index contributed by atoms with van der Waals surface area (Å²) in [4.78, 5) is 16.2. The van der Waals surface area contributed by atoms with E-state index in [4.69, 9.17) is 0 Å². The molecule has 1 aromatic carbocycles. The Balaban J connectivity index is 2.26. The van der Waals surface area contributed by atoms with Gasteiger partial charge in [0.15, 0.2) is 0 Å². The fraction of sp³-hybridized carbons (Fsp3) is 0.375. The molecule has 1 aromatic heterocycles. The number of imidazole rings is 1. The lowest BCUT2D eigenvalue weighted by molar-refractivity contribution is -0.117. The van der Waals surface area contributed by atoms with E-state index in [1.165, 1.54) is 0 Å². The molecule has 0 saturated heterocycles. The Labute approximate surface area is 119 Å². The SMILES string of the molecule is C=C(C)C(=O)NCc1nc2ccccc2n1CCCC. The lowest BCUT2D eigenvalue weighted by Crippen LogP contribution is -2.25. The van der Waals surface area contributed by atoms with Crippen LogP contribution in [0, 0.1) is 0 Å². The van der Waals surface area contributed by atoms with Gasteiger partial charge in [0.05, 0.1) is 17.6 Å². The lowest BCUT2D eigenvalue weighted by atomic mass is 10.3. The summed E-state index contributed by atoms with van der Waals surface area (Å²) in [5.41, 5.74) is 2.62. The lowest BCUT2D eigenvalue weighted by Gasteiger charge is -2.09. The van der Waals surface area contributed by atoms with Crippen molar-refractivity contribution in [1.29, 1.82) is 0 Å². The second kappa shape index (κ2) is 6.37. The van der Waals surface area contributed by atoms with Gasteiger partial charge < -0.3 is 9.88 Å². The summed E-state index contributed by atoms with van der Waals surface area (Å²) < 4.78 is 2.19. The first-order valence-corrected chi connectivity index (χ1v) is 7.01. The topological polar surface area (TPSA) is 46.9 Å². The van der Waals surface area contributed by atoms with Crippen LogP contribution in [0.4, 0.5) is 0 Å². The summed E-state index contributed by atoms with van der Waals surface area (Å²) in [6, 6.07) is 8.07. The van der Waals surface area contributed by atoms with E-state index in [0.717, 1.165) is 36.2 Å². The molecule has 0 saturated carbocycles. The van der Waals surface area contributed by atoms with Crippen LogP contribution in [0.3, 0.4) is 0 Å². The minimum Gasteiger partial charge on any atom is -0.345 e. The third-order valence-electron chi connectivity index (χ3n) is 3.26. The molecule has 106 valence electrons. The number of unbranched alkanes of at least 4 members (excludes halogenated alkanes) is 1. The number of aromatic nitrogens is 2. The molecule has 0 unspecified atom stereocenters. The Morgan fingerprint density at radius 1 is 1.40 bits per heavy atom. The fourth-order valence-electron chi connectivity index (χ4n) is 2.14. The van der Waals surface area contributed by atoms with Gasteiger partial charge in [0, 0.05) is 12.1 Å². The predicted octanol–water partition coefficient (Wildman–Crippen LogP) is 3.03. The molecule has 0 spiro atoms. The molecule has 0 radical (unpaired) electrons. The minimum absolute atomic E-state index is 0.126. The van der Waals surface area contributed by atoms with Gasteiger partial charge >= 0.3 is 0 Å². The largest absolute Gasteiger partial charge is 0.345 e. The van der Waals surface area contributed by atoms with Gasteiger partial charge in [-0.1, -0.05) is 32.1 Å². The van der Waals surface area contributed by atoms with E-state index in [0.29, 0.717) is 12.1 Å². The van der Waals surface area contributed by atoms with E-state index in [9.17, 15) is 4.79 Å². The quantitative estimate of drug-likeness (QED) is 0.821. The highest BCUT2D eigenvalue weighted by atomic mass is 16.1. The number of fused-ring (bicyclic) bond motifs is 1. The number of carbonyl (C=O) groups is 1. The van der Waals surface area contributed by atoms with Crippen molar-refractivity contribution in [2.24, 2.45) is 0 Å². The van der Waals surface area contributed by atoms with E-state index >= 15 is 0 Å². The van der Waals surface area contributed by atoms with Gasteiger partial charge in [-0.15, -0.1) is 0 Å². The van der Waals surface area contributed by atoms with E-state index < -0.39 is 0 Å². The van der Waals surface area contributed by atoms with Crippen molar-refractivity contribution in [3.05, 3.63) is 42.2 Å². The normalized spacial score (nSPS) is 10.7. The van der Waals surface area contributed by atoms with Gasteiger partial charge in [-0.3, -0.25) is 4.79 Å². The molecule has 4 heteroatoms. The molecular formula is C16H21N3O. The number of amides is 1. The third kappa shape index (κ3) is 3.07. The molecule has 1 N–H and O–H groups in total. The van der Waals surface area contributed by atoms with Crippen molar-refractivity contribution < 1.29 is 4.79 Å². The summed E-state index contributed by atoms with van der Waals surface area (Å²) in [7, 11) is 0. The fourth-order valence-corrected chi connectivity index (χ4v) is 2.14. The number of hydrogen-bond donors (Lipinski definition) is 1. The van der Waals surface area contributed by atoms with E-state index in [1.807, 2.05) is 18.2 Å². The molecule has 0 bridgehead atoms. The van der Waals surface area contributed by atoms with Gasteiger partial charge in [-0.05, 0) is 25.5 Å². The molecule has 0 atom stereocenters. The highest BCUT2D eigenvalue weighted by Gasteiger charge is 2.11. The van der Waals surface area contributed by atoms with Crippen LogP contribution >= 0.6 is 0 Å². The molecular weight excluding hydrogens is 250 g/mol. The number of nitrogens with one attached hydrogen (secondary N) is 1. The van der Waals surface area contributed by atoms with Crippen LogP contribution in [0.15, 0.2) is 36.4 Å². The van der Waals surface area contributed by atoms with E-state index in [2.05, 4.69) is 34.4 Å². The Hall–Kier alpha value is -2.10. The monoisotopic (exact) mass is 271 g/mol. The molecule has 2 aromatic rings. The van der Waals surface area contributed by atoms with Crippen molar-refractivity contribution in [2.75, 3.05) is 0 Å². The van der Waals surface area contributed by atoms with Crippen LogP contribution in [-0.2, 0) is 17.9 Å². The van der Waals surface area contributed by atoms with Gasteiger partial charge in [0.2, 0.25) is 5.91 Å². The average molecular weight is 271 g/mol. The molecule has 0 aliphatic heterocycles. The highest BCUT2D eigenvalue weighted by Crippen LogP contribution is 2.17. The Morgan fingerprint density at radius 3 is 2.85 bits per heavy atom. The second-order valence-corrected chi connectivity index (χ2v) is 4.98. The number of para-hydroxylation sites is 2. The molecule has 0 aliphatic carbocycles. The van der Waals surface area contributed by atoms with Crippen LogP contribution < -0.4 is 5.32 Å². The van der Waals surface area contributed by atoms with E-state index in [1.54, 1.807) is 6.92 Å². The number of benzene rings is 1. The molecule has 1 heterocycles. The summed E-state index contributed by atoms with van der Waals surface area (Å²) in [6.07, 6.45) is 2.23. The highest BCUT2D eigenvalue weighted by molar-refractivity contribution is 5.92. The van der Waals surface area contributed by atoms with E-state index in [-0.39, 0.29) is 5.91 Å². The number of carbonyl (C=O) groups excluding carboxylic acids is 1. The molecule has 2 rings (SSSR count). The van der Waals surface area contributed by atoms with Crippen molar-refractivity contribution >= 4 is 16.9 Å². The zero-order chi connectivity index (χ0) is 14.5. The first-order valence-electron chi connectivity index (χ1n) is 7.01. The predicted molar refractivity (Wildman–Crippen MR) is 81.3 cm³/mol. The van der Waals surface area contributed by atoms with Gasteiger partial charge in [-0.25, -0.2) is 4.98 Å². The standard InChI is InChI=1S/C16H21N3O/c1-4-5-10-19-14-9-7-6-8-13(14)18-15(19)11-17-16(20)12(2)3/h6-9H,2,4-5,10-11H2,1,3H3,(H,17,20). The molecule has 0 fully saturated rings. The maximum atomic E-state index is 11.6. The maximum Gasteiger partial charge on any atom is 0.246 e. The zero-order valence-corrected chi connectivity index (χ0v) is 12.1. The van der Waals surface area contributed by atoms with Crippen LogP contribution in [0.1, 0.15) is 32.5 Å². The Kier molecular flexibility index (Phi) is 4.56. The van der Waals surface area contributed by atoms with Crippen LogP contribution in [-0.4, -0.2) is 15.5 Å². The van der Waals surface area contributed by atoms with Crippen molar-refractivity contribution in [2.45, 2.75) is 39.8 Å². The molecule has 4 nitrogen and oxygen atoms in total. The summed E-state index contributed by atoms with van der Waals surface area (Å²) >= 11 is 0. The first-order chi connectivity index (χ1) is 9.63. The van der Waals surface area contributed by atoms with Crippen LogP contribution in [0.2, 0.25) is 0 Å². The van der Waals surface area contributed by atoms with Gasteiger partial charge in [-0.2, -0.15) is 0 Å². The number of aryl methyl sites for hydroxylation is 1. The minimum atomic E-state index is -0.126. The van der Waals surface area contributed by atoms with Crippen molar-refractivity contribution in [1.82, 2.24) is 14.9 Å². The molecule has 0 aliphatic rings. The average Bonchev–Trinajstić information content (AvgIpc) is 2.80. The summed E-state index contributed by atoms with van der Waals surface area (Å²) in [5.74, 6) is 0.772. The number of nitrogens with zero attached hydrogens (tertiary/aromatic N) is 2.